The Balaban J connectivity index is 1.40. The predicted molar refractivity (Wildman–Crippen MR) is 86.4 cm³/mol. The van der Waals surface area contributed by atoms with E-state index in [2.05, 4.69) is 0 Å². The van der Waals surface area contributed by atoms with Gasteiger partial charge in [-0.1, -0.05) is 13.8 Å². The summed E-state index contributed by atoms with van der Waals surface area (Å²) in [4.78, 5) is 22.0. The molecule has 2 aliphatic heterocycles. The second-order valence-corrected chi connectivity index (χ2v) is 6.76. The lowest BCUT2D eigenvalue weighted by Crippen LogP contribution is -2.09. The zero-order valence-corrected chi connectivity index (χ0v) is 14.6. The highest BCUT2D eigenvalue weighted by atomic mass is 32.2. The highest BCUT2D eigenvalue weighted by molar-refractivity contribution is 7.99. The Morgan fingerprint density at radius 2 is 1.26 bits per heavy atom. The number of carbonyl (C=O) groups excluding carboxylic acids is 2. The molecular formula is C16H26O6S. The smallest absolute Gasteiger partial charge is 0.305 e. The van der Waals surface area contributed by atoms with Gasteiger partial charge in [0.2, 0.25) is 0 Å². The Hall–Kier alpha value is -0.790. The Morgan fingerprint density at radius 3 is 1.65 bits per heavy atom. The molecule has 2 saturated heterocycles. The molecule has 132 valence electrons. The second kappa shape index (κ2) is 9.49. The molecule has 23 heavy (non-hydrogen) atoms. The van der Waals surface area contributed by atoms with Crippen LogP contribution in [0.25, 0.3) is 0 Å². The third-order valence-electron chi connectivity index (χ3n) is 3.85. The van der Waals surface area contributed by atoms with Gasteiger partial charge >= 0.3 is 11.9 Å². The Morgan fingerprint density at radius 1 is 0.826 bits per heavy atom. The molecule has 2 fully saturated rings. The average Bonchev–Trinajstić information content (AvgIpc) is 3.46. The summed E-state index contributed by atoms with van der Waals surface area (Å²) in [7, 11) is 0. The van der Waals surface area contributed by atoms with Crippen molar-refractivity contribution in [1.82, 2.24) is 0 Å². The van der Waals surface area contributed by atoms with Gasteiger partial charge in [0.15, 0.2) is 0 Å². The number of esters is 2. The van der Waals surface area contributed by atoms with E-state index in [0.29, 0.717) is 26.1 Å². The highest BCUT2D eigenvalue weighted by Gasteiger charge is 2.41. The maximum Gasteiger partial charge on any atom is 0.305 e. The van der Waals surface area contributed by atoms with E-state index in [-0.39, 0.29) is 36.4 Å². The molecule has 0 spiro atoms. The van der Waals surface area contributed by atoms with Gasteiger partial charge in [0.05, 0.1) is 37.6 Å². The number of epoxide rings is 2. The normalized spacial score (nSPS) is 28.3. The van der Waals surface area contributed by atoms with E-state index in [1.165, 1.54) is 0 Å². The van der Waals surface area contributed by atoms with Gasteiger partial charge in [-0.05, 0) is 0 Å². The van der Waals surface area contributed by atoms with Gasteiger partial charge in [-0.3, -0.25) is 9.59 Å². The molecule has 6 nitrogen and oxygen atoms in total. The van der Waals surface area contributed by atoms with E-state index in [1.807, 2.05) is 11.8 Å². The van der Waals surface area contributed by atoms with Crippen LogP contribution in [0.1, 0.15) is 39.5 Å². The van der Waals surface area contributed by atoms with Crippen LogP contribution in [-0.2, 0) is 28.5 Å². The fourth-order valence-electron chi connectivity index (χ4n) is 2.24. The number of carbonyl (C=O) groups is 2. The van der Waals surface area contributed by atoms with Crippen LogP contribution in [-0.4, -0.2) is 61.1 Å². The van der Waals surface area contributed by atoms with Gasteiger partial charge in [0, 0.05) is 37.2 Å². The van der Waals surface area contributed by atoms with Gasteiger partial charge < -0.3 is 18.9 Å². The molecule has 0 radical (unpaired) electrons. The summed E-state index contributed by atoms with van der Waals surface area (Å²) in [5, 5.41) is 0. The van der Waals surface area contributed by atoms with Crippen molar-refractivity contribution in [3.63, 3.8) is 0 Å². The summed E-state index contributed by atoms with van der Waals surface area (Å²) in [6.45, 7) is 4.47. The zero-order chi connectivity index (χ0) is 16.7. The van der Waals surface area contributed by atoms with E-state index in [4.69, 9.17) is 18.9 Å². The van der Waals surface area contributed by atoms with Gasteiger partial charge in [-0.25, -0.2) is 0 Å². The Kier molecular flexibility index (Phi) is 7.65. The van der Waals surface area contributed by atoms with Crippen LogP contribution in [0.2, 0.25) is 0 Å². The van der Waals surface area contributed by atoms with E-state index in [0.717, 1.165) is 24.3 Å². The maximum absolute atomic E-state index is 11.0. The molecule has 7 heteroatoms. The molecule has 0 aromatic carbocycles. The van der Waals surface area contributed by atoms with Crippen LogP contribution >= 0.6 is 11.8 Å². The van der Waals surface area contributed by atoms with Crippen molar-refractivity contribution in [2.45, 2.75) is 63.9 Å². The van der Waals surface area contributed by atoms with Gasteiger partial charge in [0.1, 0.15) is 0 Å². The molecule has 0 aromatic rings. The molecule has 2 rings (SSSR count). The van der Waals surface area contributed by atoms with E-state index in [9.17, 15) is 9.59 Å². The van der Waals surface area contributed by atoms with E-state index >= 15 is 0 Å². The SMILES string of the molecule is CCC(=O)OCCC1OC1CSCC1OC1CCOC(=O)CC. The predicted octanol–water partition coefficient (Wildman–Crippen LogP) is 1.94. The average molecular weight is 346 g/mol. The number of hydrogen-bond acceptors (Lipinski definition) is 7. The van der Waals surface area contributed by atoms with Gasteiger partial charge in [0.25, 0.3) is 0 Å². The molecule has 2 aliphatic rings. The van der Waals surface area contributed by atoms with Crippen molar-refractivity contribution in [1.29, 1.82) is 0 Å². The van der Waals surface area contributed by atoms with E-state index < -0.39 is 0 Å². The van der Waals surface area contributed by atoms with Crippen LogP contribution in [0.15, 0.2) is 0 Å². The van der Waals surface area contributed by atoms with Crippen LogP contribution in [0.3, 0.4) is 0 Å². The minimum Gasteiger partial charge on any atom is -0.466 e. The summed E-state index contributed by atoms with van der Waals surface area (Å²) in [6.07, 6.45) is 3.43. The molecule has 0 amide bonds. The summed E-state index contributed by atoms with van der Waals surface area (Å²) in [5.74, 6) is 1.59. The molecule has 4 unspecified atom stereocenters. The zero-order valence-electron chi connectivity index (χ0n) is 13.8. The fraction of sp³-hybridized carbons (Fsp3) is 0.875. The minimum atomic E-state index is -0.155. The van der Waals surface area contributed by atoms with Crippen molar-refractivity contribution in [3.05, 3.63) is 0 Å². The first-order chi connectivity index (χ1) is 11.1. The van der Waals surface area contributed by atoms with Gasteiger partial charge in [-0.2, -0.15) is 11.8 Å². The molecule has 0 bridgehead atoms. The Labute approximate surface area is 141 Å². The van der Waals surface area contributed by atoms with Crippen molar-refractivity contribution in [3.8, 4) is 0 Å². The topological polar surface area (TPSA) is 77.7 Å². The second-order valence-electron chi connectivity index (χ2n) is 5.69. The number of rotatable bonds is 12. The van der Waals surface area contributed by atoms with Crippen LogP contribution in [0.5, 0.6) is 0 Å². The summed E-state index contributed by atoms with van der Waals surface area (Å²) >= 11 is 1.82. The van der Waals surface area contributed by atoms with Crippen molar-refractivity contribution in [2.75, 3.05) is 24.7 Å². The molecule has 0 aliphatic carbocycles. The summed E-state index contributed by atoms with van der Waals surface area (Å²) in [5.41, 5.74) is 0. The molecule has 2 heterocycles. The quantitative estimate of drug-likeness (QED) is 0.395. The largest absolute Gasteiger partial charge is 0.466 e. The molecular weight excluding hydrogens is 320 g/mol. The number of thioether (sulfide) groups is 1. The Bertz CT molecular complexity index is 366. The lowest BCUT2D eigenvalue weighted by Gasteiger charge is -2.01. The van der Waals surface area contributed by atoms with Crippen molar-refractivity contribution < 1.29 is 28.5 Å². The van der Waals surface area contributed by atoms with Crippen molar-refractivity contribution in [2.24, 2.45) is 0 Å². The molecule has 0 N–H and O–H groups in total. The summed E-state index contributed by atoms with van der Waals surface area (Å²) < 4.78 is 21.2. The van der Waals surface area contributed by atoms with Crippen LogP contribution in [0.4, 0.5) is 0 Å². The molecule has 0 aromatic heterocycles. The number of hydrogen-bond donors (Lipinski definition) is 0. The summed E-state index contributed by atoms with van der Waals surface area (Å²) in [6, 6.07) is 0. The lowest BCUT2D eigenvalue weighted by atomic mass is 10.2. The fourth-order valence-corrected chi connectivity index (χ4v) is 3.43. The van der Waals surface area contributed by atoms with Crippen molar-refractivity contribution >= 4 is 23.7 Å². The first-order valence-corrected chi connectivity index (χ1v) is 9.49. The van der Waals surface area contributed by atoms with Gasteiger partial charge in [-0.15, -0.1) is 0 Å². The highest BCUT2D eigenvalue weighted by Crippen LogP contribution is 2.33. The third kappa shape index (κ3) is 7.10. The maximum atomic E-state index is 11.0. The molecule has 4 atom stereocenters. The van der Waals surface area contributed by atoms with Crippen LogP contribution in [0, 0.1) is 0 Å². The standard InChI is InChI=1S/C16H26O6S/c1-3-15(17)19-7-5-11-13(21-11)9-23-10-14-12(22-14)6-8-20-16(18)4-2/h11-14H,3-10H2,1-2H3. The lowest BCUT2D eigenvalue weighted by molar-refractivity contribution is -0.144. The molecule has 0 saturated carbocycles. The third-order valence-corrected chi connectivity index (χ3v) is 4.98. The first-order valence-electron chi connectivity index (χ1n) is 8.33. The van der Waals surface area contributed by atoms with E-state index in [1.54, 1.807) is 13.8 Å². The number of ether oxygens (including phenoxy) is 4. The van der Waals surface area contributed by atoms with Crippen LogP contribution < -0.4 is 0 Å². The minimum absolute atomic E-state index is 0.155. The monoisotopic (exact) mass is 346 g/mol. The first kappa shape index (κ1) is 18.5.